The third-order valence-corrected chi connectivity index (χ3v) is 5.77. The van der Waals surface area contributed by atoms with Crippen LogP contribution in [-0.2, 0) is 6.42 Å². The Morgan fingerprint density at radius 3 is 3.00 bits per heavy atom. The van der Waals surface area contributed by atoms with Gasteiger partial charge < -0.3 is 5.32 Å². The quantitative estimate of drug-likeness (QED) is 0.399. The molecule has 0 aliphatic heterocycles. The van der Waals surface area contributed by atoms with Gasteiger partial charge in [0.25, 0.3) is 5.69 Å². The molecule has 0 bridgehead atoms. The van der Waals surface area contributed by atoms with Gasteiger partial charge in [0, 0.05) is 16.0 Å². The van der Waals surface area contributed by atoms with Crippen molar-refractivity contribution in [1.29, 1.82) is 0 Å². The van der Waals surface area contributed by atoms with Crippen molar-refractivity contribution in [3.63, 3.8) is 0 Å². The van der Waals surface area contributed by atoms with E-state index in [9.17, 15) is 10.1 Å². The molecule has 0 fully saturated rings. The van der Waals surface area contributed by atoms with Gasteiger partial charge in [0.1, 0.15) is 5.69 Å². The summed E-state index contributed by atoms with van der Waals surface area (Å²) >= 11 is 10.1. The van der Waals surface area contributed by atoms with Crippen LogP contribution in [0.1, 0.15) is 29.3 Å². The molecule has 1 unspecified atom stereocenters. The lowest BCUT2D eigenvalue weighted by atomic mass is 9.94. The van der Waals surface area contributed by atoms with E-state index in [1.165, 1.54) is 19.4 Å². The SMILES string of the molecule is O=[N+]([O-])c1ccc(Cl)cc1NC1CCCc2sc(I)cc21. The molecule has 1 aliphatic carbocycles. The van der Waals surface area contributed by atoms with Crippen LogP contribution in [0.5, 0.6) is 0 Å². The zero-order chi connectivity index (χ0) is 15.0. The number of fused-ring (bicyclic) bond motifs is 1. The number of hydrogen-bond acceptors (Lipinski definition) is 4. The van der Waals surface area contributed by atoms with Gasteiger partial charge in [-0.05, 0) is 65.6 Å². The monoisotopic (exact) mass is 434 g/mol. The number of rotatable bonds is 3. The van der Waals surface area contributed by atoms with Crippen LogP contribution in [0.2, 0.25) is 5.02 Å². The summed E-state index contributed by atoms with van der Waals surface area (Å²) in [5.41, 5.74) is 1.83. The maximum absolute atomic E-state index is 11.1. The first-order valence-corrected chi connectivity index (χ1v) is 8.80. The molecule has 1 N–H and O–H groups in total. The van der Waals surface area contributed by atoms with Crippen molar-refractivity contribution in [3.05, 3.63) is 52.7 Å². The molecule has 0 saturated carbocycles. The molecular weight excluding hydrogens is 423 g/mol. The lowest BCUT2D eigenvalue weighted by Crippen LogP contribution is -2.16. The van der Waals surface area contributed by atoms with Crippen LogP contribution in [0.3, 0.4) is 0 Å². The van der Waals surface area contributed by atoms with Crippen LogP contribution in [-0.4, -0.2) is 4.92 Å². The largest absolute Gasteiger partial charge is 0.373 e. The van der Waals surface area contributed by atoms with E-state index in [2.05, 4.69) is 34.0 Å². The second-order valence-electron chi connectivity index (χ2n) is 4.94. The zero-order valence-electron chi connectivity index (χ0n) is 10.9. The fourth-order valence-corrected chi connectivity index (χ4v) is 4.93. The van der Waals surface area contributed by atoms with Gasteiger partial charge in [0.2, 0.25) is 0 Å². The van der Waals surface area contributed by atoms with Crippen LogP contribution < -0.4 is 5.32 Å². The van der Waals surface area contributed by atoms with Gasteiger partial charge in [0.15, 0.2) is 0 Å². The standard InChI is InChI=1S/C14H12ClIN2O2S/c15-8-4-5-12(18(19)20)11(6-8)17-10-2-1-3-13-9(10)7-14(16)21-13/h4-7,10,17H,1-3H2. The Morgan fingerprint density at radius 2 is 2.24 bits per heavy atom. The highest BCUT2D eigenvalue weighted by Gasteiger charge is 2.25. The molecule has 0 amide bonds. The maximum Gasteiger partial charge on any atom is 0.292 e. The average molecular weight is 435 g/mol. The Balaban J connectivity index is 1.94. The Hall–Kier alpha value is -0.860. The first kappa shape index (κ1) is 15.1. The third kappa shape index (κ3) is 3.17. The molecule has 1 aliphatic rings. The minimum absolute atomic E-state index is 0.0662. The molecule has 1 aromatic heterocycles. The molecule has 0 spiro atoms. The number of thiophene rings is 1. The van der Waals surface area contributed by atoms with Gasteiger partial charge in [0.05, 0.1) is 13.8 Å². The first-order valence-electron chi connectivity index (χ1n) is 6.53. The van der Waals surface area contributed by atoms with Gasteiger partial charge in [-0.2, -0.15) is 0 Å². The van der Waals surface area contributed by atoms with Crippen molar-refractivity contribution in [3.8, 4) is 0 Å². The number of nitrogens with zero attached hydrogens (tertiary/aromatic N) is 1. The van der Waals surface area contributed by atoms with E-state index in [0.29, 0.717) is 10.7 Å². The molecule has 0 saturated heterocycles. The van der Waals surface area contributed by atoms with Crippen molar-refractivity contribution in [2.45, 2.75) is 25.3 Å². The highest BCUT2D eigenvalue weighted by atomic mass is 127. The van der Waals surface area contributed by atoms with Crippen LogP contribution in [0.4, 0.5) is 11.4 Å². The summed E-state index contributed by atoms with van der Waals surface area (Å²) in [5.74, 6) is 0. The van der Waals surface area contributed by atoms with Gasteiger partial charge in [-0.3, -0.25) is 10.1 Å². The molecule has 7 heteroatoms. The van der Waals surface area contributed by atoms with E-state index >= 15 is 0 Å². The molecule has 2 aromatic rings. The van der Waals surface area contributed by atoms with Crippen LogP contribution in [0.25, 0.3) is 0 Å². The third-order valence-electron chi connectivity index (χ3n) is 3.57. The summed E-state index contributed by atoms with van der Waals surface area (Å²) in [6.45, 7) is 0. The van der Waals surface area contributed by atoms with Crippen molar-refractivity contribution in [1.82, 2.24) is 0 Å². The van der Waals surface area contributed by atoms with Crippen molar-refractivity contribution in [2.24, 2.45) is 0 Å². The molecule has 3 rings (SSSR count). The minimum atomic E-state index is -0.375. The Kier molecular flexibility index (Phi) is 4.37. The lowest BCUT2D eigenvalue weighted by molar-refractivity contribution is -0.384. The predicted molar refractivity (Wildman–Crippen MR) is 94.4 cm³/mol. The van der Waals surface area contributed by atoms with Crippen molar-refractivity contribution < 1.29 is 4.92 Å². The maximum atomic E-state index is 11.1. The van der Waals surface area contributed by atoms with Gasteiger partial charge in [-0.15, -0.1) is 11.3 Å². The van der Waals surface area contributed by atoms with E-state index in [1.54, 1.807) is 23.5 Å². The van der Waals surface area contributed by atoms with E-state index in [0.717, 1.165) is 19.3 Å². The molecule has 0 radical (unpaired) electrons. The summed E-state index contributed by atoms with van der Waals surface area (Å²) in [7, 11) is 0. The van der Waals surface area contributed by atoms with E-state index < -0.39 is 0 Å². The Labute approximate surface area is 144 Å². The van der Waals surface area contributed by atoms with E-state index in [4.69, 9.17) is 11.6 Å². The summed E-state index contributed by atoms with van der Waals surface area (Å²) in [5, 5.41) is 15.0. The lowest BCUT2D eigenvalue weighted by Gasteiger charge is -2.24. The number of nitrogens with one attached hydrogen (secondary N) is 1. The summed E-state index contributed by atoms with van der Waals surface area (Å²) in [6, 6.07) is 6.92. The fourth-order valence-electron chi connectivity index (χ4n) is 2.64. The highest BCUT2D eigenvalue weighted by Crippen LogP contribution is 2.40. The van der Waals surface area contributed by atoms with Crippen LogP contribution >= 0.6 is 45.5 Å². The summed E-state index contributed by atoms with van der Waals surface area (Å²) in [4.78, 5) is 12.2. The average Bonchev–Trinajstić information content (AvgIpc) is 2.80. The molecular formula is C14H12ClIN2O2S. The number of nitro groups is 1. The fraction of sp³-hybridized carbons (Fsp3) is 0.286. The van der Waals surface area contributed by atoms with Gasteiger partial charge in [-0.25, -0.2) is 0 Å². The first-order chi connectivity index (χ1) is 10.0. The van der Waals surface area contributed by atoms with Gasteiger partial charge >= 0.3 is 0 Å². The second-order valence-corrected chi connectivity index (χ2v) is 8.40. The van der Waals surface area contributed by atoms with Crippen LogP contribution in [0.15, 0.2) is 24.3 Å². The summed E-state index contributed by atoms with van der Waals surface area (Å²) < 4.78 is 1.26. The van der Waals surface area contributed by atoms with Crippen molar-refractivity contribution >= 4 is 56.9 Å². The normalized spacial score (nSPS) is 17.3. The number of aryl methyl sites for hydroxylation is 1. The second kappa shape index (κ2) is 6.10. The molecule has 4 nitrogen and oxygen atoms in total. The number of anilines is 1. The van der Waals surface area contributed by atoms with Crippen molar-refractivity contribution in [2.75, 3.05) is 5.32 Å². The number of hydrogen-bond donors (Lipinski definition) is 1. The number of halogens is 2. The molecule has 1 aromatic carbocycles. The zero-order valence-corrected chi connectivity index (χ0v) is 14.7. The Bertz CT molecular complexity index is 704. The molecule has 1 atom stereocenters. The molecule has 110 valence electrons. The highest BCUT2D eigenvalue weighted by molar-refractivity contribution is 14.1. The number of benzene rings is 1. The molecule has 1 heterocycles. The minimum Gasteiger partial charge on any atom is -0.373 e. The predicted octanol–water partition coefficient (Wildman–Crippen LogP) is 5.40. The van der Waals surface area contributed by atoms with E-state index in [-0.39, 0.29) is 16.7 Å². The summed E-state index contributed by atoms with van der Waals surface area (Å²) in [6.07, 6.45) is 3.16. The Morgan fingerprint density at radius 1 is 1.43 bits per heavy atom. The van der Waals surface area contributed by atoms with Crippen LogP contribution in [0, 0.1) is 13.0 Å². The smallest absolute Gasteiger partial charge is 0.292 e. The number of nitro benzene ring substituents is 1. The topological polar surface area (TPSA) is 55.2 Å². The molecule has 21 heavy (non-hydrogen) atoms. The van der Waals surface area contributed by atoms with Gasteiger partial charge in [-0.1, -0.05) is 11.6 Å². The van der Waals surface area contributed by atoms with E-state index in [1.807, 2.05) is 0 Å².